The van der Waals surface area contributed by atoms with E-state index >= 15 is 0 Å². The van der Waals surface area contributed by atoms with Crippen molar-refractivity contribution in [2.45, 2.75) is 10.2 Å². The molecule has 3 nitrogen and oxygen atoms in total. The molecule has 0 aliphatic heterocycles. The second kappa shape index (κ2) is 4.56. The van der Waals surface area contributed by atoms with Crippen LogP contribution in [0.5, 0.6) is 0 Å². The van der Waals surface area contributed by atoms with Crippen molar-refractivity contribution in [3.8, 4) is 6.07 Å². The van der Waals surface area contributed by atoms with Gasteiger partial charge in [-0.15, -0.1) is 0 Å². The Bertz CT molecular complexity index is 248. The van der Waals surface area contributed by atoms with Crippen LogP contribution in [0, 0.1) is 11.3 Å². The third-order valence-corrected chi connectivity index (χ3v) is 1.31. The first kappa shape index (κ1) is 11.6. The zero-order valence-electron chi connectivity index (χ0n) is 5.72. The first-order valence-electron chi connectivity index (χ1n) is 2.75. The van der Waals surface area contributed by atoms with Crippen molar-refractivity contribution in [1.82, 2.24) is 0 Å². The number of carbonyl (C=O) groups is 1. The van der Waals surface area contributed by atoms with Gasteiger partial charge in [-0.25, -0.2) is 4.79 Å². The quantitative estimate of drug-likeness (QED) is 0.448. The molecule has 0 aromatic rings. The van der Waals surface area contributed by atoms with Crippen LogP contribution in [-0.4, -0.2) is 14.9 Å². The Labute approximate surface area is 84.1 Å². The molecule has 66 valence electrons. The monoisotopic (exact) mass is 227 g/mol. The van der Waals surface area contributed by atoms with E-state index in [1.165, 1.54) is 0 Å². The molecule has 0 bridgehead atoms. The van der Waals surface area contributed by atoms with Crippen molar-refractivity contribution in [2.24, 2.45) is 0 Å². The summed E-state index contributed by atoms with van der Waals surface area (Å²) in [7, 11) is 0. The van der Waals surface area contributed by atoms with Crippen molar-refractivity contribution < 1.29 is 9.90 Å². The van der Waals surface area contributed by atoms with Gasteiger partial charge < -0.3 is 5.11 Å². The van der Waals surface area contributed by atoms with Gasteiger partial charge in [-0.2, -0.15) is 5.26 Å². The fourth-order valence-electron chi connectivity index (χ4n) is 0.482. The molecule has 0 amide bonds. The van der Waals surface area contributed by atoms with E-state index in [2.05, 4.69) is 0 Å². The Kier molecular flexibility index (Phi) is 4.40. The van der Waals surface area contributed by atoms with Gasteiger partial charge in [0.25, 0.3) is 0 Å². The summed E-state index contributed by atoms with van der Waals surface area (Å²) in [6, 6.07) is 1.55. The summed E-state index contributed by atoms with van der Waals surface area (Å²) in [5, 5.41) is 16.6. The van der Waals surface area contributed by atoms with Gasteiger partial charge in [0.1, 0.15) is 0 Å². The fraction of sp³-hybridized carbons (Fsp3) is 0.333. The molecule has 0 rings (SSSR count). The molecule has 0 aliphatic carbocycles. The van der Waals surface area contributed by atoms with Gasteiger partial charge in [-0.05, 0) is 0 Å². The van der Waals surface area contributed by atoms with Gasteiger partial charge in [0.15, 0.2) is 3.79 Å². The molecule has 0 saturated carbocycles. The summed E-state index contributed by atoms with van der Waals surface area (Å²) < 4.78 is -1.68. The molecule has 0 radical (unpaired) electrons. The van der Waals surface area contributed by atoms with E-state index in [9.17, 15) is 4.79 Å². The summed E-state index contributed by atoms with van der Waals surface area (Å²) in [5.41, 5.74) is -0.225. The molecule has 0 atom stereocenters. The number of carboxylic acids is 1. The van der Waals surface area contributed by atoms with Gasteiger partial charge in [0.2, 0.25) is 0 Å². The maximum atomic E-state index is 10.4. The van der Waals surface area contributed by atoms with Crippen molar-refractivity contribution in [1.29, 1.82) is 5.26 Å². The smallest absolute Gasteiger partial charge is 0.332 e. The lowest BCUT2D eigenvalue weighted by Crippen LogP contribution is -2.10. The Morgan fingerprint density at radius 3 is 2.33 bits per heavy atom. The van der Waals surface area contributed by atoms with E-state index in [0.717, 1.165) is 6.08 Å². The van der Waals surface area contributed by atoms with Crippen LogP contribution in [0.1, 0.15) is 6.42 Å². The predicted molar refractivity (Wildman–Crippen MR) is 46.2 cm³/mol. The number of carboxylic acid groups (broad SMARTS) is 1. The molecular weight excluding hydrogens is 224 g/mol. The molecule has 0 spiro atoms. The second-order valence-electron chi connectivity index (χ2n) is 1.90. The SMILES string of the molecule is N#C/C=C(/CC(Cl)(Cl)Cl)C(=O)O. The van der Waals surface area contributed by atoms with E-state index in [0.29, 0.717) is 0 Å². The zero-order chi connectivity index (χ0) is 9.78. The highest BCUT2D eigenvalue weighted by molar-refractivity contribution is 6.67. The van der Waals surface area contributed by atoms with Crippen LogP contribution in [0.15, 0.2) is 11.6 Å². The van der Waals surface area contributed by atoms with Crippen LogP contribution in [0.3, 0.4) is 0 Å². The Morgan fingerprint density at radius 2 is 2.08 bits per heavy atom. The highest BCUT2D eigenvalue weighted by Gasteiger charge is 2.24. The van der Waals surface area contributed by atoms with Crippen LogP contribution >= 0.6 is 34.8 Å². The topological polar surface area (TPSA) is 61.1 Å². The number of hydrogen-bond donors (Lipinski definition) is 1. The highest BCUT2D eigenvalue weighted by atomic mass is 35.6. The number of rotatable bonds is 2. The fourth-order valence-corrected chi connectivity index (χ4v) is 0.914. The van der Waals surface area contributed by atoms with Gasteiger partial charge in [0, 0.05) is 12.5 Å². The first-order chi connectivity index (χ1) is 5.37. The number of hydrogen-bond acceptors (Lipinski definition) is 2. The maximum absolute atomic E-state index is 10.4. The molecule has 6 heteroatoms. The third kappa shape index (κ3) is 5.25. The number of nitrogens with zero attached hydrogens (tertiary/aromatic N) is 1. The molecular formula is C6H4Cl3NO2. The lowest BCUT2D eigenvalue weighted by molar-refractivity contribution is -0.132. The summed E-state index contributed by atoms with van der Waals surface area (Å²) in [6.45, 7) is 0. The number of allylic oxidation sites excluding steroid dienone is 1. The summed E-state index contributed by atoms with van der Waals surface area (Å²) in [5.74, 6) is -1.26. The largest absolute Gasteiger partial charge is 0.478 e. The van der Waals surface area contributed by atoms with Crippen molar-refractivity contribution in [2.75, 3.05) is 0 Å². The second-order valence-corrected chi connectivity index (χ2v) is 4.41. The Hall–Kier alpha value is -0.430. The molecule has 12 heavy (non-hydrogen) atoms. The maximum Gasteiger partial charge on any atom is 0.332 e. The van der Waals surface area contributed by atoms with Crippen LogP contribution in [0.25, 0.3) is 0 Å². The molecule has 1 N–H and O–H groups in total. The number of nitriles is 1. The minimum absolute atomic E-state index is 0.225. The molecule has 0 aliphatic rings. The lowest BCUT2D eigenvalue weighted by Gasteiger charge is -2.09. The zero-order valence-corrected chi connectivity index (χ0v) is 7.99. The molecule has 0 aromatic carbocycles. The first-order valence-corrected chi connectivity index (χ1v) is 3.89. The molecule has 0 fully saturated rings. The summed E-state index contributed by atoms with van der Waals surface area (Å²) in [4.78, 5) is 10.4. The molecule has 0 aromatic heterocycles. The van der Waals surface area contributed by atoms with Gasteiger partial charge in [-0.3, -0.25) is 0 Å². The standard InChI is InChI=1S/C6H4Cl3NO2/c7-6(8,9)3-4(1-2-10)5(11)12/h1H,3H2,(H,11,12)/b4-1-. The molecule has 0 unspecified atom stereocenters. The minimum Gasteiger partial charge on any atom is -0.478 e. The molecule has 0 heterocycles. The van der Waals surface area contributed by atoms with Crippen molar-refractivity contribution >= 4 is 40.8 Å². The minimum atomic E-state index is -1.68. The highest BCUT2D eigenvalue weighted by Crippen LogP contribution is 2.33. The Balaban J connectivity index is 4.50. The van der Waals surface area contributed by atoms with E-state index in [-0.39, 0.29) is 12.0 Å². The van der Waals surface area contributed by atoms with Crippen molar-refractivity contribution in [3.63, 3.8) is 0 Å². The van der Waals surface area contributed by atoms with E-state index in [4.69, 9.17) is 45.2 Å². The normalized spacial score (nSPS) is 12.3. The van der Waals surface area contributed by atoms with Gasteiger partial charge >= 0.3 is 5.97 Å². The van der Waals surface area contributed by atoms with Crippen LogP contribution in [-0.2, 0) is 4.79 Å². The van der Waals surface area contributed by atoms with Gasteiger partial charge in [-0.1, -0.05) is 34.8 Å². The number of aliphatic carboxylic acids is 1. The average molecular weight is 228 g/mol. The summed E-state index contributed by atoms with van der Waals surface area (Å²) >= 11 is 16.0. The van der Waals surface area contributed by atoms with Gasteiger partial charge in [0.05, 0.1) is 11.6 Å². The van der Waals surface area contributed by atoms with Crippen LogP contribution in [0.2, 0.25) is 0 Å². The molecule has 0 saturated heterocycles. The number of alkyl halides is 3. The van der Waals surface area contributed by atoms with Crippen LogP contribution < -0.4 is 0 Å². The van der Waals surface area contributed by atoms with E-state index in [1.807, 2.05) is 0 Å². The van der Waals surface area contributed by atoms with E-state index in [1.54, 1.807) is 6.07 Å². The average Bonchev–Trinajstić information content (AvgIpc) is 1.83. The number of halogens is 3. The summed E-state index contributed by atoms with van der Waals surface area (Å²) in [6.07, 6.45) is 0.546. The predicted octanol–water partition coefficient (Wildman–Crippen LogP) is 2.28. The van der Waals surface area contributed by atoms with E-state index < -0.39 is 9.76 Å². The third-order valence-electron chi connectivity index (χ3n) is 0.904. The van der Waals surface area contributed by atoms with Crippen LogP contribution in [0.4, 0.5) is 0 Å². The Morgan fingerprint density at radius 1 is 1.58 bits per heavy atom. The van der Waals surface area contributed by atoms with Crippen molar-refractivity contribution in [3.05, 3.63) is 11.6 Å². The lowest BCUT2D eigenvalue weighted by atomic mass is 10.2.